The van der Waals surface area contributed by atoms with Gasteiger partial charge in [0.2, 0.25) is 0 Å². The highest BCUT2D eigenvalue weighted by Gasteiger charge is 2.09. The number of aliphatic hydroxyl groups is 1. The van der Waals surface area contributed by atoms with E-state index in [0.717, 1.165) is 30.6 Å². The van der Waals surface area contributed by atoms with Crippen molar-refractivity contribution in [3.8, 4) is 0 Å². The summed E-state index contributed by atoms with van der Waals surface area (Å²) in [7, 11) is 0. The van der Waals surface area contributed by atoms with E-state index in [1.807, 2.05) is 31.2 Å². The van der Waals surface area contributed by atoms with Crippen LogP contribution in [0.25, 0.3) is 0 Å². The van der Waals surface area contributed by atoms with Gasteiger partial charge in [-0.3, -0.25) is 0 Å². The first kappa shape index (κ1) is 12.2. The topological polar surface area (TPSA) is 29.5 Å². The van der Waals surface area contributed by atoms with Gasteiger partial charge in [0.05, 0.1) is 6.61 Å². The van der Waals surface area contributed by atoms with E-state index in [4.69, 9.17) is 4.74 Å². The Labute approximate surface area is 91.9 Å². The lowest BCUT2D eigenvalue weighted by Gasteiger charge is -2.13. The molecule has 0 bridgehead atoms. The highest BCUT2D eigenvalue weighted by molar-refractivity contribution is 5.27. The van der Waals surface area contributed by atoms with Crippen LogP contribution in [0.3, 0.4) is 0 Å². The van der Waals surface area contributed by atoms with Gasteiger partial charge in [0.25, 0.3) is 0 Å². The van der Waals surface area contributed by atoms with Crippen LogP contribution in [0.5, 0.6) is 0 Å². The van der Waals surface area contributed by atoms with Crippen LogP contribution in [0.2, 0.25) is 0 Å². The van der Waals surface area contributed by atoms with E-state index in [1.165, 1.54) is 0 Å². The number of hydrogen-bond donors (Lipinski definition) is 1. The van der Waals surface area contributed by atoms with Gasteiger partial charge in [0.1, 0.15) is 6.10 Å². The fourth-order valence-electron chi connectivity index (χ4n) is 1.49. The molecule has 15 heavy (non-hydrogen) atoms. The number of rotatable bonds is 6. The van der Waals surface area contributed by atoms with Crippen molar-refractivity contribution >= 4 is 0 Å². The maximum absolute atomic E-state index is 9.88. The third-order valence-corrected chi connectivity index (χ3v) is 2.47. The average molecular weight is 208 g/mol. The zero-order valence-corrected chi connectivity index (χ0v) is 9.57. The second-order valence-electron chi connectivity index (χ2n) is 3.80. The van der Waals surface area contributed by atoms with Gasteiger partial charge in [-0.25, -0.2) is 0 Å². The smallest absolute Gasteiger partial charge is 0.103 e. The molecule has 2 heteroatoms. The summed E-state index contributed by atoms with van der Waals surface area (Å²) in [4.78, 5) is 0. The van der Waals surface area contributed by atoms with Gasteiger partial charge in [0, 0.05) is 6.61 Å². The molecule has 0 aliphatic heterocycles. The summed E-state index contributed by atoms with van der Waals surface area (Å²) in [5, 5.41) is 9.88. The van der Waals surface area contributed by atoms with Crippen LogP contribution < -0.4 is 0 Å². The summed E-state index contributed by atoms with van der Waals surface area (Å²) in [5.74, 6) is 0. The fraction of sp³-hybridized carbons (Fsp3) is 0.538. The molecule has 1 aromatic rings. The largest absolute Gasteiger partial charge is 0.386 e. The Hall–Kier alpha value is -0.860. The van der Waals surface area contributed by atoms with Crippen LogP contribution in [0.15, 0.2) is 24.3 Å². The predicted molar refractivity (Wildman–Crippen MR) is 61.9 cm³/mol. The van der Waals surface area contributed by atoms with Gasteiger partial charge < -0.3 is 9.84 Å². The van der Waals surface area contributed by atoms with Gasteiger partial charge in [-0.15, -0.1) is 0 Å². The normalized spacial score (nSPS) is 12.7. The van der Waals surface area contributed by atoms with E-state index >= 15 is 0 Å². The number of aryl methyl sites for hydroxylation is 1. The molecule has 0 saturated carbocycles. The first-order chi connectivity index (χ1) is 7.25. The maximum atomic E-state index is 9.88. The van der Waals surface area contributed by atoms with Crippen LogP contribution in [-0.4, -0.2) is 18.3 Å². The van der Waals surface area contributed by atoms with E-state index in [2.05, 4.69) is 6.92 Å². The molecule has 1 aromatic carbocycles. The summed E-state index contributed by atoms with van der Waals surface area (Å²) < 4.78 is 5.40. The third-order valence-electron chi connectivity index (χ3n) is 2.47. The van der Waals surface area contributed by atoms with Gasteiger partial charge >= 0.3 is 0 Å². The van der Waals surface area contributed by atoms with E-state index in [0.29, 0.717) is 6.61 Å². The summed E-state index contributed by atoms with van der Waals surface area (Å²) in [6, 6.07) is 7.87. The van der Waals surface area contributed by atoms with E-state index < -0.39 is 6.10 Å². The SMILES string of the molecule is CCCCOCC(O)c1ccccc1C. The maximum Gasteiger partial charge on any atom is 0.103 e. The van der Waals surface area contributed by atoms with Crippen molar-refractivity contribution in [2.24, 2.45) is 0 Å². The fourth-order valence-corrected chi connectivity index (χ4v) is 1.49. The van der Waals surface area contributed by atoms with Gasteiger partial charge in [-0.05, 0) is 24.5 Å². The first-order valence-corrected chi connectivity index (χ1v) is 5.57. The predicted octanol–water partition coefficient (Wildman–Crippen LogP) is 2.85. The highest BCUT2D eigenvalue weighted by atomic mass is 16.5. The highest BCUT2D eigenvalue weighted by Crippen LogP contribution is 2.17. The second-order valence-corrected chi connectivity index (χ2v) is 3.80. The summed E-state index contributed by atoms with van der Waals surface area (Å²) in [6.07, 6.45) is 1.68. The minimum absolute atomic E-state index is 0.394. The Balaban J connectivity index is 2.40. The Morgan fingerprint density at radius 3 is 2.73 bits per heavy atom. The quantitative estimate of drug-likeness (QED) is 0.728. The molecule has 0 aromatic heterocycles. The lowest BCUT2D eigenvalue weighted by molar-refractivity contribution is 0.0346. The molecule has 0 amide bonds. The monoisotopic (exact) mass is 208 g/mol. The van der Waals surface area contributed by atoms with Crippen LogP contribution in [0.1, 0.15) is 37.0 Å². The number of aliphatic hydroxyl groups excluding tert-OH is 1. The summed E-state index contributed by atoms with van der Waals surface area (Å²) in [6.45, 7) is 5.26. The van der Waals surface area contributed by atoms with Crippen molar-refractivity contribution in [2.45, 2.75) is 32.8 Å². The average Bonchev–Trinajstić information content (AvgIpc) is 2.25. The molecule has 1 N–H and O–H groups in total. The molecule has 2 nitrogen and oxygen atoms in total. The van der Waals surface area contributed by atoms with Crippen molar-refractivity contribution in [1.29, 1.82) is 0 Å². The lowest BCUT2D eigenvalue weighted by Crippen LogP contribution is -2.09. The lowest BCUT2D eigenvalue weighted by atomic mass is 10.0. The molecule has 0 fully saturated rings. The molecule has 84 valence electrons. The Kier molecular flexibility index (Phi) is 5.37. The van der Waals surface area contributed by atoms with Gasteiger partial charge in [0.15, 0.2) is 0 Å². The Morgan fingerprint density at radius 1 is 1.33 bits per heavy atom. The molecule has 0 spiro atoms. The zero-order chi connectivity index (χ0) is 11.1. The van der Waals surface area contributed by atoms with Crippen molar-refractivity contribution in [3.63, 3.8) is 0 Å². The van der Waals surface area contributed by atoms with Crippen molar-refractivity contribution in [2.75, 3.05) is 13.2 Å². The van der Waals surface area contributed by atoms with Crippen molar-refractivity contribution < 1.29 is 9.84 Å². The number of benzene rings is 1. The summed E-state index contributed by atoms with van der Waals surface area (Å²) >= 11 is 0. The number of ether oxygens (including phenoxy) is 1. The Bertz CT molecular complexity index is 284. The standard InChI is InChI=1S/C13H20O2/c1-3-4-9-15-10-13(14)12-8-6-5-7-11(12)2/h5-8,13-14H,3-4,9-10H2,1-2H3. The third kappa shape index (κ3) is 4.02. The zero-order valence-electron chi connectivity index (χ0n) is 9.57. The minimum atomic E-state index is -0.497. The van der Waals surface area contributed by atoms with Gasteiger partial charge in [-0.2, -0.15) is 0 Å². The van der Waals surface area contributed by atoms with Gasteiger partial charge in [-0.1, -0.05) is 37.6 Å². The molecular weight excluding hydrogens is 188 g/mol. The van der Waals surface area contributed by atoms with Crippen molar-refractivity contribution in [3.05, 3.63) is 35.4 Å². The van der Waals surface area contributed by atoms with Crippen LogP contribution >= 0.6 is 0 Å². The molecule has 0 radical (unpaired) electrons. The van der Waals surface area contributed by atoms with E-state index in [-0.39, 0.29) is 0 Å². The van der Waals surface area contributed by atoms with Crippen molar-refractivity contribution in [1.82, 2.24) is 0 Å². The second kappa shape index (κ2) is 6.59. The Morgan fingerprint density at radius 2 is 2.07 bits per heavy atom. The van der Waals surface area contributed by atoms with E-state index in [1.54, 1.807) is 0 Å². The molecule has 0 saturated heterocycles. The van der Waals surface area contributed by atoms with Crippen LogP contribution in [0, 0.1) is 6.92 Å². The minimum Gasteiger partial charge on any atom is -0.386 e. The molecule has 0 aliphatic carbocycles. The first-order valence-electron chi connectivity index (χ1n) is 5.57. The molecular formula is C13H20O2. The molecule has 1 atom stereocenters. The van der Waals surface area contributed by atoms with E-state index in [9.17, 15) is 5.11 Å². The molecule has 1 rings (SSSR count). The van der Waals surface area contributed by atoms with Crippen LogP contribution in [-0.2, 0) is 4.74 Å². The molecule has 0 heterocycles. The van der Waals surface area contributed by atoms with Crippen LogP contribution in [0.4, 0.5) is 0 Å². The molecule has 1 unspecified atom stereocenters. The summed E-state index contributed by atoms with van der Waals surface area (Å²) in [5.41, 5.74) is 2.08. The number of hydrogen-bond acceptors (Lipinski definition) is 2. The molecule has 0 aliphatic rings. The number of unbranched alkanes of at least 4 members (excludes halogenated alkanes) is 1.